The molecular weight excluding hydrogens is 423 g/mol. The lowest BCUT2D eigenvalue weighted by Gasteiger charge is -2.18. The van der Waals surface area contributed by atoms with Crippen LogP contribution in [0.1, 0.15) is 37.8 Å². The van der Waals surface area contributed by atoms with Gasteiger partial charge in [-0.05, 0) is 29.2 Å². The average molecular weight is 447 g/mol. The molecule has 32 heavy (non-hydrogen) atoms. The Bertz CT molecular complexity index is 1070. The first kappa shape index (κ1) is 23.3. The highest BCUT2D eigenvalue weighted by molar-refractivity contribution is 5.77. The largest absolute Gasteiger partial charge is 0.484 e. The lowest BCUT2D eigenvalue weighted by molar-refractivity contribution is -0.137. The molecule has 0 saturated carbocycles. The first-order chi connectivity index (χ1) is 14.9. The fraction of sp³-hybridized carbons (Fsp3) is 0.348. The lowest BCUT2D eigenvalue weighted by Crippen LogP contribution is -2.31. The van der Waals surface area contributed by atoms with E-state index in [9.17, 15) is 18.0 Å². The van der Waals surface area contributed by atoms with E-state index in [-0.39, 0.29) is 23.6 Å². The van der Waals surface area contributed by atoms with Gasteiger partial charge in [-0.3, -0.25) is 4.79 Å². The van der Waals surface area contributed by atoms with Crippen LogP contribution < -0.4 is 4.74 Å². The van der Waals surface area contributed by atoms with E-state index in [0.29, 0.717) is 5.82 Å². The maximum absolute atomic E-state index is 12.8. The predicted molar refractivity (Wildman–Crippen MR) is 112 cm³/mol. The van der Waals surface area contributed by atoms with Gasteiger partial charge in [-0.25, -0.2) is 0 Å². The summed E-state index contributed by atoms with van der Waals surface area (Å²) in [6, 6.07) is 12.2. The molecule has 1 aromatic heterocycles. The Morgan fingerprint density at radius 3 is 2.38 bits per heavy atom. The van der Waals surface area contributed by atoms with E-state index in [2.05, 4.69) is 30.9 Å². The molecule has 0 aliphatic rings. The van der Waals surface area contributed by atoms with Gasteiger partial charge in [-0.2, -0.15) is 18.2 Å². The van der Waals surface area contributed by atoms with E-state index in [0.717, 1.165) is 17.7 Å². The Morgan fingerprint density at radius 2 is 1.75 bits per heavy atom. The molecule has 9 heteroatoms. The van der Waals surface area contributed by atoms with E-state index >= 15 is 0 Å². The molecule has 1 amide bonds. The Morgan fingerprint density at radius 1 is 1.06 bits per heavy atom. The van der Waals surface area contributed by atoms with E-state index in [1.165, 1.54) is 29.6 Å². The molecule has 0 atom stereocenters. The van der Waals surface area contributed by atoms with Crippen molar-refractivity contribution >= 4 is 5.91 Å². The van der Waals surface area contributed by atoms with Crippen LogP contribution in [0.25, 0.3) is 11.4 Å². The van der Waals surface area contributed by atoms with Crippen LogP contribution in [0, 0.1) is 0 Å². The summed E-state index contributed by atoms with van der Waals surface area (Å²) in [5.74, 6) is 0.147. The van der Waals surface area contributed by atoms with Gasteiger partial charge in [0.15, 0.2) is 6.61 Å². The fourth-order valence-corrected chi connectivity index (χ4v) is 2.86. The van der Waals surface area contributed by atoms with Gasteiger partial charge in [0.1, 0.15) is 5.75 Å². The molecule has 2 aromatic carbocycles. The van der Waals surface area contributed by atoms with Gasteiger partial charge in [0.25, 0.3) is 5.91 Å². The lowest BCUT2D eigenvalue weighted by atomic mass is 9.87. The number of aromatic nitrogens is 2. The normalized spacial score (nSPS) is 12.0. The molecule has 0 aliphatic carbocycles. The number of alkyl halides is 3. The molecule has 0 fully saturated rings. The fourth-order valence-electron chi connectivity index (χ4n) is 2.86. The van der Waals surface area contributed by atoms with Crippen molar-refractivity contribution in [3.8, 4) is 17.1 Å². The molecule has 0 bridgehead atoms. The number of hydrogen-bond acceptors (Lipinski definition) is 5. The van der Waals surface area contributed by atoms with Crippen LogP contribution >= 0.6 is 0 Å². The van der Waals surface area contributed by atoms with Gasteiger partial charge >= 0.3 is 6.18 Å². The SMILES string of the molecule is CN(Cc1nc(-c2ccc(C(C)(C)C)cc2)no1)C(=O)COc1cccc(C(F)(F)F)c1. The van der Waals surface area contributed by atoms with E-state index in [4.69, 9.17) is 9.26 Å². The van der Waals surface area contributed by atoms with Crippen molar-refractivity contribution in [3.05, 3.63) is 65.5 Å². The number of carbonyl (C=O) groups is 1. The molecular formula is C23H24F3N3O3. The summed E-state index contributed by atoms with van der Waals surface area (Å²) < 4.78 is 48.8. The monoisotopic (exact) mass is 447 g/mol. The molecule has 0 unspecified atom stereocenters. The van der Waals surface area contributed by atoms with Crippen molar-refractivity contribution in [2.75, 3.05) is 13.7 Å². The summed E-state index contributed by atoms with van der Waals surface area (Å²) in [4.78, 5) is 17.9. The first-order valence-electron chi connectivity index (χ1n) is 9.91. The van der Waals surface area contributed by atoms with Crippen molar-refractivity contribution in [1.29, 1.82) is 0 Å². The molecule has 3 rings (SSSR count). The number of halogens is 3. The smallest absolute Gasteiger partial charge is 0.416 e. The molecule has 0 radical (unpaired) electrons. The highest BCUT2D eigenvalue weighted by Crippen LogP contribution is 2.31. The molecule has 170 valence electrons. The number of amides is 1. The Hall–Kier alpha value is -3.36. The first-order valence-corrected chi connectivity index (χ1v) is 9.91. The summed E-state index contributed by atoms with van der Waals surface area (Å²) in [5, 5.41) is 3.96. The maximum atomic E-state index is 12.8. The van der Waals surface area contributed by atoms with Crippen LogP contribution in [0.4, 0.5) is 13.2 Å². The third-order valence-electron chi connectivity index (χ3n) is 4.80. The predicted octanol–water partition coefficient (Wildman–Crippen LogP) is 5.09. The van der Waals surface area contributed by atoms with Crippen LogP contribution in [0.5, 0.6) is 5.75 Å². The number of ether oxygens (including phenoxy) is 1. The second-order valence-electron chi connectivity index (χ2n) is 8.40. The van der Waals surface area contributed by atoms with Crippen LogP contribution in [0.15, 0.2) is 53.1 Å². The minimum atomic E-state index is -4.48. The van der Waals surface area contributed by atoms with Gasteiger partial charge < -0.3 is 14.2 Å². The molecule has 0 N–H and O–H groups in total. The van der Waals surface area contributed by atoms with Gasteiger partial charge in [0, 0.05) is 12.6 Å². The number of nitrogens with zero attached hydrogens (tertiary/aromatic N) is 3. The summed E-state index contributed by atoms with van der Waals surface area (Å²) >= 11 is 0. The summed E-state index contributed by atoms with van der Waals surface area (Å²) in [6.07, 6.45) is -4.48. The highest BCUT2D eigenvalue weighted by Gasteiger charge is 2.30. The van der Waals surface area contributed by atoms with Crippen LogP contribution in [0.3, 0.4) is 0 Å². The van der Waals surface area contributed by atoms with E-state index in [1.807, 2.05) is 24.3 Å². The number of likely N-dealkylation sites (N-methyl/N-ethyl adjacent to an activating group) is 1. The zero-order valence-electron chi connectivity index (χ0n) is 18.2. The van der Waals surface area contributed by atoms with Crippen LogP contribution in [-0.2, 0) is 22.9 Å². The van der Waals surface area contributed by atoms with Crippen molar-refractivity contribution in [2.24, 2.45) is 0 Å². The summed E-state index contributed by atoms with van der Waals surface area (Å²) in [6.45, 7) is 5.99. The molecule has 6 nitrogen and oxygen atoms in total. The number of carbonyl (C=O) groups excluding carboxylic acids is 1. The molecule has 0 saturated heterocycles. The molecule has 1 heterocycles. The van der Waals surface area contributed by atoms with Crippen molar-refractivity contribution in [1.82, 2.24) is 15.0 Å². The summed E-state index contributed by atoms with van der Waals surface area (Å²) in [7, 11) is 1.51. The number of benzene rings is 2. The Kier molecular flexibility index (Phi) is 6.57. The van der Waals surface area contributed by atoms with Crippen LogP contribution in [-0.4, -0.2) is 34.6 Å². The zero-order valence-corrected chi connectivity index (χ0v) is 18.2. The second kappa shape index (κ2) is 9.02. The minimum Gasteiger partial charge on any atom is -0.484 e. The van der Waals surface area contributed by atoms with Crippen molar-refractivity contribution in [3.63, 3.8) is 0 Å². The molecule has 0 spiro atoms. The van der Waals surface area contributed by atoms with Crippen LogP contribution in [0.2, 0.25) is 0 Å². The van der Waals surface area contributed by atoms with E-state index < -0.39 is 24.3 Å². The summed E-state index contributed by atoms with van der Waals surface area (Å²) in [5.41, 5.74) is 1.15. The minimum absolute atomic E-state index is 0.0279. The van der Waals surface area contributed by atoms with Gasteiger partial charge in [-0.15, -0.1) is 0 Å². The quantitative estimate of drug-likeness (QED) is 0.527. The van der Waals surface area contributed by atoms with Crippen molar-refractivity contribution < 1.29 is 27.2 Å². The third kappa shape index (κ3) is 5.87. The number of hydrogen-bond donors (Lipinski definition) is 0. The molecule has 3 aromatic rings. The Balaban J connectivity index is 1.58. The highest BCUT2D eigenvalue weighted by atomic mass is 19.4. The van der Waals surface area contributed by atoms with Gasteiger partial charge in [-0.1, -0.05) is 56.3 Å². The van der Waals surface area contributed by atoms with E-state index in [1.54, 1.807) is 0 Å². The zero-order chi connectivity index (χ0) is 23.5. The molecule has 0 aliphatic heterocycles. The Labute approximate surface area is 184 Å². The average Bonchev–Trinajstić information content (AvgIpc) is 3.19. The second-order valence-corrected chi connectivity index (χ2v) is 8.40. The van der Waals surface area contributed by atoms with Crippen molar-refractivity contribution in [2.45, 2.75) is 38.9 Å². The maximum Gasteiger partial charge on any atom is 0.416 e. The van der Waals surface area contributed by atoms with Gasteiger partial charge in [0.05, 0.1) is 12.1 Å². The third-order valence-corrected chi connectivity index (χ3v) is 4.80. The standard InChI is InChI=1S/C23H24F3N3O3/c1-22(2,3)16-10-8-15(9-11-16)21-27-19(32-28-21)13-29(4)20(30)14-31-18-7-5-6-17(12-18)23(24,25)26/h5-12H,13-14H2,1-4H3. The van der Waals surface area contributed by atoms with Gasteiger partial charge in [0.2, 0.25) is 11.7 Å². The topological polar surface area (TPSA) is 68.5 Å². The number of rotatable bonds is 6.